The number of carbonyl (C=O) groups excluding carboxylic acids is 1. The lowest BCUT2D eigenvalue weighted by atomic mass is 9.70. The van der Waals surface area contributed by atoms with Gasteiger partial charge in [-0.25, -0.2) is 3.63 Å². The molecule has 3 aromatic carbocycles. The number of aryl methyl sites for hydroxylation is 1. The van der Waals surface area contributed by atoms with Crippen LogP contribution in [0.25, 0.3) is 0 Å². The standard InChI is InChI=1S/C36H46O4S2/c1-4-5-6-7-8-11-16-29-21-23-33(24-22-29)42(31-17-12-9-13-18-31,32-19-14-10-15-20-32)40-41(38,39)28-36-26-25-30(27-34(36)37)35(36,2)3/h9-10,12-15,17-24,30H,4-8,11,16,25-28H2,1-3H3. The third-order valence-electron chi connectivity index (χ3n) is 9.99. The smallest absolute Gasteiger partial charge is 0.278 e. The second-order valence-corrected chi connectivity index (χ2v) is 17.3. The summed E-state index contributed by atoms with van der Waals surface area (Å²) in [7, 11) is -6.79. The fourth-order valence-corrected chi connectivity index (χ4v) is 13.4. The van der Waals surface area contributed by atoms with Crippen LogP contribution in [0.4, 0.5) is 0 Å². The monoisotopic (exact) mass is 606 g/mol. The molecule has 0 N–H and O–H groups in total. The number of hydrogen-bond donors (Lipinski definition) is 0. The molecule has 0 spiro atoms. The molecule has 4 nitrogen and oxygen atoms in total. The van der Waals surface area contributed by atoms with Crippen molar-refractivity contribution in [3.63, 3.8) is 0 Å². The largest absolute Gasteiger partial charge is 0.299 e. The summed E-state index contributed by atoms with van der Waals surface area (Å²) in [5.41, 5.74) is -0.00705. The molecular formula is C36H46O4S2. The number of benzene rings is 3. The van der Waals surface area contributed by atoms with Crippen LogP contribution in [0.15, 0.2) is 99.6 Å². The highest BCUT2D eigenvalue weighted by Crippen LogP contribution is 2.71. The first-order chi connectivity index (χ1) is 20.1. The Morgan fingerprint density at radius 3 is 1.83 bits per heavy atom. The topological polar surface area (TPSA) is 60.4 Å². The van der Waals surface area contributed by atoms with E-state index < -0.39 is 25.8 Å². The summed E-state index contributed by atoms with van der Waals surface area (Å²) in [5.74, 6) is 0.0436. The predicted molar refractivity (Wildman–Crippen MR) is 172 cm³/mol. The van der Waals surface area contributed by atoms with E-state index in [-0.39, 0.29) is 22.9 Å². The van der Waals surface area contributed by atoms with Gasteiger partial charge in [-0.2, -0.15) is 8.42 Å². The van der Waals surface area contributed by atoms with Gasteiger partial charge in [-0.15, -0.1) is 0 Å². The molecular weight excluding hydrogens is 561 g/mol. The van der Waals surface area contributed by atoms with Crippen LogP contribution in [-0.4, -0.2) is 20.0 Å². The Bertz CT molecular complexity index is 1410. The molecule has 2 fully saturated rings. The van der Waals surface area contributed by atoms with Crippen LogP contribution in [0.3, 0.4) is 0 Å². The highest BCUT2D eigenvalue weighted by molar-refractivity contribution is 8.33. The highest BCUT2D eigenvalue weighted by Gasteiger charge is 2.65. The van der Waals surface area contributed by atoms with E-state index >= 15 is 0 Å². The molecule has 0 heterocycles. The third kappa shape index (κ3) is 5.87. The Hall–Kier alpha value is -2.41. The second kappa shape index (κ2) is 12.7. The Labute approximate surface area is 254 Å². The summed E-state index contributed by atoms with van der Waals surface area (Å²) in [6.07, 6.45) is 10.5. The van der Waals surface area contributed by atoms with Gasteiger partial charge in [0, 0.05) is 21.1 Å². The van der Waals surface area contributed by atoms with Crippen molar-refractivity contribution in [2.45, 2.75) is 99.7 Å². The summed E-state index contributed by atoms with van der Waals surface area (Å²) in [6, 6.07) is 27.9. The zero-order valence-corrected chi connectivity index (χ0v) is 27.0. The molecule has 2 aliphatic carbocycles. The van der Waals surface area contributed by atoms with Crippen LogP contribution in [-0.2, 0) is 25.0 Å². The SMILES string of the molecule is CCCCCCCCc1ccc(S(OS(=O)(=O)CC23CCC(CC2=O)C3(C)C)(c2ccccc2)c2ccccc2)cc1. The molecule has 5 rings (SSSR count). The van der Waals surface area contributed by atoms with Crippen LogP contribution in [0.1, 0.15) is 84.1 Å². The molecule has 2 saturated carbocycles. The van der Waals surface area contributed by atoms with Crippen molar-refractivity contribution in [3.8, 4) is 0 Å². The summed E-state index contributed by atoms with van der Waals surface area (Å²) < 4.78 is 35.2. The maximum Gasteiger partial charge on any atom is 0.278 e. The second-order valence-electron chi connectivity index (χ2n) is 12.8. The van der Waals surface area contributed by atoms with Gasteiger partial charge in [0.05, 0.1) is 11.2 Å². The van der Waals surface area contributed by atoms with Gasteiger partial charge < -0.3 is 0 Å². The molecule has 2 bridgehead atoms. The van der Waals surface area contributed by atoms with E-state index in [2.05, 4.69) is 45.0 Å². The van der Waals surface area contributed by atoms with Crippen LogP contribution < -0.4 is 0 Å². The van der Waals surface area contributed by atoms with Crippen LogP contribution in [0, 0.1) is 16.7 Å². The molecule has 2 aliphatic rings. The maximum absolute atomic E-state index is 14.3. The van der Waals surface area contributed by atoms with E-state index in [1.807, 2.05) is 60.7 Å². The minimum absolute atomic E-state index is 0.0787. The molecule has 3 aromatic rings. The zero-order valence-electron chi connectivity index (χ0n) is 25.4. The molecule has 0 amide bonds. The van der Waals surface area contributed by atoms with Gasteiger partial charge in [0.2, 0.25) is 0 Å². The average molecular weight is 607 g/mol. The predicted octanol–water partition coefficient (Wildman–Crippen LogP) is 9.53. The van der Waals surface area contributed by atoms with Gasteiger partial charge >= 0.3 is 0 Å². The fourth-order valence-electron chi connectivity index (χ4n) is 7.30. The van der Waals surface area contributed by atoms with Crippen molar-refractivity contribution in [1.29, 1.82) is 0 Å². The molecule has 0 aliphatic heterocycles. The van der Waals surface area contributed by atoms with E-state index in [0.29, 0.717) is 12.8 Å². The van der Waals surface area contributed by atoms with Crippen LogP contribution in [0.2, 0.25) is 0 Å². The number of fused-ring (bicyclic) bond motifs is 2. The van der Waals surface area contributed by atoms with Crippen molar-refractivity contribution in [2.75, 3.05) is 5.75 Å². The molecule has 226 valence electrons. The lowest BCUT2D eigenvalue weighted by Gasteiger charge is -2.41. The Morgan fingerprint density at radius 1 is 0.762 bits per heavy atom. The number of Topliss-reactive ketones (excluding diaryl/α,β-unsaturated/α-hetero) is 1. The van der Waals surface area contributed by atoms with E-state index in [1.54, 1.807) is 0 Å². The number of rotatable bonds is 14. The third-order valence-corrected chi connectivity index (χ3v) is 15.3. The van der Waals surface area contributed by atoms with Gasteiger partial charge in [0.15, 0.2) is 0 Å². The average Bonchev–Trinajstić information content (AvgIpc) is 3.33. The minimum Gasteiger partial charge on any atom is -0.299 e. The number of unbranched alkanes of at least 4 members (excludes halogenated alkanes) is 5. The van der Waals surface area contributed by atoms with Crippen molar-refractivity contribution >= 4 is 26.2 Å². The van der Waals surface area contributed by atoms with Gasteiger partial charge in [-0.1, -0.05) is 101 Å². The summed E-state index contributed by atoms with van der Waals surface area (Å²) >= 11 is 0. The van der Waals surface area contributed by atoms with Gasteiger partial charge in [0.25, 0.3) is 10.1 Å². The van der Waals surface area contributed by atoms with E-state index in [0.717, 1.165) is 33.9 Å². The molecule has 0 saturated heterocycles. The molecule has 2 atom stereocenters. The fraction of sp³-hybridized carbons (Fsp3) is 0.472. The first-order valence-electron chi connectivity index (χ1n) is 15.6. The number of carbonyl (C=O) groups is 1. The normalized spacial score (nSPS) is 22.0. The van der Waals surface area contributed by atoms with E-state index in [4.69, 9.17) is 3.63 Å². The first kappa shape index (κ1) is 31.0. The number of ketones is 1. The Morgan fingerprint density at radius 2 is 1.31 bits per heavy atom. The molecule has 6 heteroatoms. The Kier molecular flexibility index (Phi) is 9.36. The first-order valence-corrected chi connectivity index (χ1v) is 18.8. The van der Waals surface area contributed by atoms with Crippen molar-refractivity contribution in [2.24, 2.45) is 16.7 Å². The highest BCUT2D eigenvalue weighted by atomic mass is 32.3. The molecule has 42 heavy (non-hydrogen) atoms. The molecule has 2 unspecified atom stereocenters. The van der Waals surface area contributed by atoms with Crippen LogP contribution >= 0.6 is 10.3 Å². The Balaban J connectivity index is 1.52. The lowest BCUT2D eigenvalue weighted by Crippen LogP contribution is -2.42. The van der Waals surface area contributed by atoms with Crippen molar-refractivity contribution in [3.05, 3.63) is 90.5 Å². The van der Waals surface area contributed by atoms with Crippen LogP contribution in [0.5, 0.6) is 0 Å². The van der Waals surface area contributed by atoms with Gasteiger partial charge in [-0.3, -0.25) is 4.79 Å². The molecule has 0 aromatic heterocycles. The summed E-state index contributed by atoms with van der Waals surface area (Å²) in [4.78, 5) is 15.8. The van der Waals surface area contributed by atoms with Crippen molar-refractivity contribution < 1.29 is 16.8 Å². The van der Waals surface area contributed by atoms with E-state index in [9.17, 15) is 13.2 Å². The quantitative estimate of drug-likeness (QED) is 0.172. The molecule has 0 radical (unpaired) electrons. The maximum atomic E-state index is 14.3. The lowest BCUT2D eigenvalue weighted by molar-refractivity contribution is -0.128. The van der Waals surface area contributed by atoms with Gasteiger partial charge in [0.1, 0.15) is 5.78 Å². The minimum atomic E-state index is -4.13. The van der Waals surface area contributed by atoms with Gasteiger partial charge in [-0.05, 0) is 89.3 Å². The van der Waals surface area contributed by atoms with E-state index in [1.165, 1.54) is 37.7 Å². The number of hydrogen-bond acceptors (Lipinski definition) is 4. The zero-order chi connectivity index (χ0) is 29.8. The summed E-state index contributed by atoms with van der Waals surface area (Å²) in [5, 5.41) is 0. The van der Waals surface area contributed by atoms with Crippen molar-refractivity contribution in [1.82, 2.24) is 0 Å². The summed E-state index contributed by atoms with van der Waals surface area (Å²) in [6.45, 7) is 6.38.